The normalized spacial score (nSPS) is 11.8. The van der Waals surface area contributed by atoms with Crippen molar-refractivity contribution in [2.45, 2.75) is 39.7 Å². The molecule has 0 saturated heterocycles. The summed E-state index contributed by atoms with van der Waals surface area (Å²) in [6, 6.07) is 5.51. The molecule has 1 aromatic rings. The second-order valence-electron chi connectivity index (χ2n) is 4.30. The molecule has 0 radical (unpaired) electrons. The summed E-state index contributed by atoms with van der Waals surface area (Å²) in [5.41, 5.74) is 0.854. The molecule has 4 heteroatoms. The van der Waals surface area contributed by atoms with Crippen LogP contribution in [-0.4, -0.2) is 25.8 Å². The lowest BCUT2D eigenvalue weighted by molar-refractivity contribution is -0.142. The Morgan fingerprint density at radius 1 is 1.26 bits per heavy atom. The molecule has 1 aromatic carbocycles. The van der Waals surface area contributed by atoms with Crippen molar-refractivity contribution >= 4 is 5.97 Å². The predicted octanol–water partition coefficient (Wildman–Crippen LogP) is 2.98. The first-order valence-electron chi connectivity index (χ1n) is 6.59. The quantitative estimate of drug-likeness (QED) is 0.712. The standard InChI is InChI=1S/C15H22O4/c1-5-11(3)19-13-8-7-12(9-14(13)17-4)10-15(16)18-6-2/h7-9,11H,5-6,10H2,1-4H3. The second kappa shape index (κ2) is 7.67. The molecule has 19 heavy (non-hydrogen) atoms. The van der Waals surface area contributed by atoms with Crippen LogP contribution in [0.3, 0.4) is 0 Å². The zero-order valence-corrected chi connectivity index (χ0v) is 12.1. The first kappa shape index (κ1) is 15.3. The number of hydrogen-bond acceptors (Lipinski definition) is 4. The maximum atomic E-state index is 11.4. The molecule has 0 N–H and O–H groups in total. The van der Waals surface area contributed by atoms with Gasteiger partial charge in [0.25, 0.3) is 0 Å². The van der Waals surface area contributed by atoms with Gasteiger partial charge in [-0.1, -0.05) is 13.0 Å². The van der Waals surface area contributed by atoms with Gasteiger partial charge < -0.3 is 14.2 Å². The van der Waals surface area contributed by atoms with Crippen molar-refractivity contribution in [1.82, 2.24) is 0 Å². The van der Waals surface area contributed by atoms with Crippen molar-refractivity contribution in [1.29, 1.82) is 0 Å². The first-order chi connectivity index (χ1) is 9.10. The van der Waals surface area contributed by atoms with Gasteiger partial charge in [-0.3, -0.25) is 4.79 Å². The molecule has 0 heterocycles. The largest absolute Gasteiger partial charge is 0.493 e. The molecule has 0 saturated carbocycles. The summed E-state index contributed by atoms with van der Waals surface area (Å²) >= 11 is 0. The fourth-order valence-corrected chi connectivity index (χ4v) is 1.60. The fourth-order valence-electron chi connectivity index (χ4n) is 1.60. The van der Waals surface area contributed by atoms with Crippen LogP contribution in [0, 0.1) is 0 Å². The van der Waals surface area contributed by atoms with Crippen LogP contribution in [0.4, 0.5) is 0 Å². The van der Waals surface area contributed by atoms with Crippen molar-refractivity contribution in [3.63, 3.8) is 0 Å². The minimum Gasteiger partial charge on any atom is -0.493 e. The number of methoxy groups -OCH3 is 1. The summed E-state index contributed by atoms with van der Waals surface area (Å²) in [4.78, 5) is 11.4. The number of carbonyl (C=O) groups excluding carboxylic acids is 1. The summed E-state index contributed by atoms with van der Waals surface area (Å²) in [6.07, 6.45) is 1.30. The third-order valence-corrected chi connectivity index (χ3v) is 2.78. The summed E-state index contributed by atoms with van der Waals surface area (Å²) in [7, 11) is 1.59. The average Bonchev–Trinajstić information content (AvgIpc) is 2.40. The average molecular weight is 266 g/mol. The van der Waals surface area contributed by atoms with E-state index in [2.05, 4.69) is 6.92 Å². The zero-order valence-electron chi connectivity index (χ0n) is 12.1. The minimum atomic E-state index is -0.236. The molecule has 4 nitrogen and oxygen atoms in total. The lowest BCUT2D eigenvalue weighted by Crippen LogP contribution is -2.11. The fraction of sp³-hybridized carbons (Fsp3) is 0.533. The van der Waals surface area contributed by atoms with Gasteiger partial charge in [0, 0.05) is 0 Å². The molecule has 0 aliphatic heterocycles. The highest BCUT2D eigenvalue weighted by Crippen LogP contribution is 2.29. The number of hydrogen-bond donors (Lipinski definition) is 0. The zero-order chi connectivity index (χ0) is 14.3. The smallest absolute Gasteiger partial charge is 0.310 e. The van der Waals surface area contributed by atoms with E-state index < -0.39 is 0 Å². The van der Waals surface area contributed by atoms with Crippen LogP contribution < -0.4 is 9.47 Å². The second-order valence-corrected chi connectivity index (χ2v) is 4.30. The molecule has 1 unspecified atom stereocenters. The maximum absolute atomic E-state index is 11.4. The van der Waals surface area contributed by atoms with Gasteiger partial charge >= 0.3 is 5.97 Å². The van der Waals surface area contributed by atoms with Gasteiger partial charge in [-0.15, -0.1) is 0 Å². The van der Waals surface area contributed by atoms with Gasteiger partial charge in [-0.2, -0.15) is 0 Å². The lowest BCUT2D eigenvalue weighted by atomic mass is 10.1. The molecule has 0 aromatic heterocycles. The van der Waals surface area contributed by atoms with E-state index in [1.807, 2.05) is 25.1 Å². The predicted molar refractivity (Wildman–Crippen MR) is 73.7 cm³/mol. The molecule has 1 rings (SSSR count). The number of rotatable bonds is 7. The van der Waals surface area contributed by atoms with Crippen molar-refractivity contribution in [3.8, 4) is 11.5 Å². The van der Waals surface area contributed by atoms with Gasteiger partial charge in [-0.05, 0) is 38.0 Å². The Bertz CT molecular complexity index is 415. The molecule has 0 aliphatic carbocycles. The van der Waals surface area contributed by atoms with Crippen molar-refractivity contribution in [3.05, 3.63) is 23.8 Å². The lowest BCUT2D eigenvalue weighted by Gasteiger charge is -2.16. The highest BCUT2D eigenvalue weighted by atomic mass is 16.5. The topological polar surface area (TPSA) is 44.8 Å². The molecular weight excluding hydrogens is 244 g/mol. The van der Waals surface area contributed by atoms with E-state index in [0.717, 1.165) is 12.0 Å². The molecule has 0 fully saturated rings. The van der Waals surface area contributed by atoms with Crippen LogP contribution in [0.1, 0.15) is 32.8 Å². The SMILES string of the molecule is CCOC(=O)Cc1ccc(OC(C)CC)c(OC)c1. The molecular formula is C15H22O4. The van der Waals surface area contributed by atoms with Crippen LogP contribution in [0.15, 0.2) is 18.2 Å². The van der Waals surface area contributed by atoms with E-state index in [1.54, 1.807) is 14.0 Å². The Balaban J connectivity index is 2.80. The van der Waals surface area contributed by atoms with Crippen LogP contribution in [0.2, 0.25) is 0 Å². The monoisotopic (exact) mass is 266 g/mol. The van der Waals surface area contributed by atoms with Crippen LogP contribution >= 0.6 is 0 Å². The molecule has 106 valence electrons. The van der Waals surface area contributed by atoms with Gasteiger partial charge in [0.05, 0.1) is 26.2 Å². The number of carbonyl (C=O) groups is 1. The van der Waals surface area contributed by atoms with Crippen molar-refractivity contribution in [2.24, 2.45) is 0 Å². The maximum Gasteiger partial charge on any atom is 0.310 e. The van der Waals surface area contributed by atoms with Gasteiger partial charge in [-0.25, -0.2) is 0 Å². The van der Waals surface area contributed by atoms with Crippen LogP contribution in [-0.2, 0) is 16.0 Å². The minimum absolute atomic E-state index is 0.129. The van der Waals surface area contributed by atoms with E-state index in [1.165, 1.54) is 0 Å². The molecule has 0 aliphatic rings. The van der Waals surface area contributed by atoms with E-state index >= 15 is 0 Å². The van der Waals surface area contributed by atoms with Crippen molar-refractivity contribution < 1.29 is 19.0 Å². The summed E-state index contributed by atoms with van der Waals surface area (Å²) in [5, 5.41) is 0. The Kier molecular flexibility index (Phi) is 6.19. The Labute approximate surface area is 114 Å². The number of benzene rings is 1. The van der Waals surface area contributed by atoms with Crippen LogP contribution in [0.5, 0.6) is 11.5 Å². The number of esters is 1. The van der Waals surface area contributed by atoms with Gasteiger partial charge in [0.1, 0.15) is 0 Å². The first-order valence-corrected chi connectivity index (χ1v) is 6.59. The highest BCUT2D eigenvalue weighted by molar-refractivity contribution is 5.72. The third-order valence-electron chi connectivity index (χ3n) is 2.78. The molecule has 0 bridgehead atoms. The van der Waals surface area contributed by atoms with E-state index in [4.69, 9.17) is 14.2 Å². The Hall–Kier alpha value is -1.71. The molecule has 0 amide bonds. The Morgan fingerprint density at radius 3 is 2.58 bits per heavy atom. The number of ether oxygens (including phenoxy) is 3. The van der Waals surface area contributed by atoms with E-state index in [0.29, 0.717) is 18.1 Å². The summed E-state index contributed by atoms with van der Waals surface area (Å²) in [5.74, 6) is 1.10. The van der Waals surface area contributed by atoms with E-state index in [9.17, 15) is 4.79 Å². The van der Waals surface area contributed by atoms with Crippen molar-refractivity contribution in [2.75, 3.05) is 13.7 Å². The van der Waals surface area contributed by atoms with Gasteiger partial charge in [0.2, 0.25) is 0 Å². The third kappa shape index (κ3) is 4.81. The van der Waals surface area contributed by atoms with Gasteiger partial charge in [0.15, 0.2) is 11.5 Å². The highest BCUT2D eigenvalue weighted by Gasteiger charge is 2.11. The molecule has 0 spiro atoms. The Morgan fingerprint density at radius 2 is 2.00 bits per heavy atom. The molecule has 1 atom stereocenters. The van der Waals surface area contributed by atoms with Crippen LogP contribution in [0.25, 0.3) is 0 Å². The summed E-state index contributed by atoms with van der Waals surface area (Å²) < 4.78 is 16.0. The van der Waals surface area contributed by atoms with E-state index in [-0.39, 0.29) is 18.5 Å². The summed E-state index contributed by atoms with van der Waals surface area (Å²) in [6.45, 7) is 6.25.